The summed E-state index contributed by atoms with van der Waals surface area (Å²) in [5.41, 5.74) is 17.1. The maximum atomic E-state index is 4.50. The highest BCUT2D eigenvalue weighted by molar-refractivity contribution is 5.89. The molecule has 0 fully saturated rings. The van der Waals surface area contributed by atoms with E-state index < -0.39 is 0 Å². The number of benzene rings is 5. The Kier molecular flexibility index (Phi) is 10.1. The van der Waals surface area contributed by atoms with Crippen LogP contribution in [0.4, 0.5) is 22.7 Å². The van der Waals surface area contributed by atoms with Gasteiger partial charge >= 0.3 is 0 Å². The molecule has 0 heterocycles. The predicted octanol–water partition coefficient (Wildman–Crippen LogP) is 12.6. The first-order valence-electron chi connectivity index (χ1n) is 16.2. The van der Waals surface area contributed by atoms with Gasteiger partial charge in [-0.1, -0.05) is 109 Å². The van der Waals surface area contributed by atoms with E-state index in [1.165, 1.54) is 33.4 Å². The lowest BCUT2D eigenvalue weighted by molar-refractivity contribution is 1.13. The van der Waals surface area contributed by atoms with Crippen LogP contribution in [0.2, 0.25) is 0 Å². The van der Waals surface area contributed by atoms with Crippen LogP contribution in [-0.2, 0) is 0 Å². The molecule has 2 nitrogen and oxygen atoms in total. The van der Waals surface area contributed by atoms with Gasteiger partial charge in [0.15, 0.2) is 0 Å². The first-order chi connectivity index (χ1) is 22.6. The van der Waals surface area contributed by atoms with Crippen molar-refractivity contribution in [2.24, 2.45) is 0 Å². The molecular weight excluding hydrogens is 569 g/mol. The first kappa shape index (κ1) is 33.0. The molecule has 5 rings (SSSR count). The summed E-state index contributed by atoms with van der Waals surface area (Å²) in [7, 11) is 2.09. The average Bonchev–Trinajstić information content (AvgIpc) is 3.10. The summed E-state index contributed by atoms with van der Waals surface area (Å²) in [6.45, 7) is 21.7. The number of allylic oxidation sites excluding steroid dienone is 5. The van der Waals surface area contributed by atoms with Gasteiger partial charge in [-0.15, -0.1) is 0 Å². The van der Waals surface area contributed by atoms with Crippen molar-refractivity contribution >= 4 is 39.5 Å². The van der Waals surface area contributed by atoms with Crippen molar-refractivity contribution < 1.29 is 0 Å². The average molecular weight is 615 g/mol. The number of rotatable bonds is 10. The van der Waals surface area contributed by atoms with E-state index >= 15 is 0 Å². The molecule has 0 aliphatic carbocycles. The van der Waals surface area contributed by atoms with Crippen molar-refractivity contribution in [1.29, 1.82) is 0 Å². The molecule has 0 aromatic heterocycles. The third-order valence-corrected chi connectivity index (χ3v) is 9.11. The van der Waals surface area contributed by atoms with Crippen LogP contribution >= 0.6 is 0 Å². The second-order valence-corrected chi connectivity index (χ2v) is 12.4. The van der Waals surface area contributed by atoms with Crippen LogP contribution in [0.15, 0.2) is 152 Å². The zero-order valence-electron chi connectivity index (χ0n) is 28.9. The van der Waals surface area contributed by atoms with Gasteiger partial charge in [0.25, 0.3) is 0 Å². The normalized spacial score (nSPS) is 11.9. The molecule has 0 N–H and O–H groups in total. The third kappa shape index (κ3) is 7.39. The molecule has 0 unspecified atom stereocenters. The van der Waals surface area contributed by atoms with Crippen molar-refractivity contribution in [2.45, 2.75) is 41.5 Å². The summed E-state index contributed by atoms with van der Waals surface area (Å²) < 4.78 is 0. The lowest BCUT2D eigenvalue weighted by atomic mass is 9.92. The van der Waals surface area contributed by atoms with Gasteiger partial charge < -0.3 is 9.80 Å². The van der Waals surface area contributed by atoms with E-state index in [0.29, 0.717) is 0 Å². The molecule has 0 aliphatic rings. The van der Waals surface area contributed by atoms with Gasteiger partial charge in [0.1, 0.15) is 0 Å². The quantitative estimate of drug-likeness (QED) is 0.144. The van der Waals surface area contributed by atoms with Gasteiger partial charge in [-0.25, -0.2) is 0 Å². The molecule has 0 amide bonds. The van der Waals surface area contributed by atoms with Crippen LogP contribution in [0, 0.1) is 20.8 Å². The maximum Gasteiger partial charge on any atom is 0.0462 e. The molecule has 2 heteroatoms. The van der Waals surface area contributed by atoms with E-state index in [9.17, 15) is 0 Å². The van der Waals surface area contributed by atoms with Crippen LogP contribution < -0.4 is 9.80 Å². The summed E-state index contributed by atoms with van der Waals surface area (Å²) in [6.07, 6.45) is 2.12. The highest BCUT2D eigenvalue weighted by Crippen LogP contribution is 2.37. The van der Waals surface area contributed by atoms with E-state index in [4.69, 9.17) is 0 Å². The Bertz CT molecular complexity index is 1870. The minimum Gasteiger partial charge on any atom is -0.344 e. The third-order valence-electron chi connectivity index (χ3n) is 9.11. The van der Waals surface area contributed by atoms with E-state index in [1.54, 1.807) is 0 Å². The van der Waals surface area contributed by atoms with Gasteiger partial charge in [-0.3, -0.25) is 0 Å². The lowest BCUT2D eigenvalue weighted by Crippen LogP contribution is -2.17. The second kappa shape index (κ2) is 14.4. The second-order valence-electron chi connectivity index (χ2n) is 12.4. The Balaban J connectivity index is 1.36. The van der Waals surface area contributed by atoms with Crippen molar-refractivity contribution in [2.75, 3.05) is 16.8 Å². The first-order valence-corrected chi connectivity index (χ1v) is 16.2. The Morgan fingerprint density at radius 2 is 0.830 bits per heavy atom. The lowest BCUT2D eigenvalue weighted by Gasteiger charge is -2.26. The molecule has 0 radical (unpaired) electrons. The Morgan fingerprint density at radius 1 is 0.489 bits per heavy atom. The fraction of sp³-hybridized carbons (Fsp3) is 0.156. The van der Waals surface area contributed by atoms with Crippen LogP contribution in [0.5, 0.6) is 0 Å². The smallest absolute Gasteiger partial charge is 0.0462 e. The zero-order valence-corrected chi connectivity index (χ0v) is 28.9. The summed E-state index contributed by atoms with van der Waals surface area (Å²) in [5.74, 6) is 0. The fourth-order valence-electron chi connectivity index (χ4n) is 5.85. The van der Waals surface area contributed by atoms with Gasteiger partial charge in [-0.2, -0.15) is 0 Å². The van der Waals surface area contributed by atoms with Crippen molar-refractivity contribution in [3.8, 4) is 0 Å². The highest BCUT2D eigenvalue weighted by atomic mass is 15.1. The van der Waals surface area contributed by atoms with Gasteiger partial charge in [0.05, 0.1) is 0 Å². The van der Waals surface area contributed by atoms with E-state index in [2.05, 4.69) is 199 Å². The number of hydrogen-bond donors (Lipinski definition) is 0. The molecule has 0 aliphatic heterocycles. The highest BCUT2D eigenvalue weighted by Gasteiger charge is 2.15. The van der Waals surface area contributed by atoms with Crippen molar-refractivity contribution in [3.63, 3.8) is 0 Å². The number of likely N-dealkylation sites (N-methyl/N-ethyl adjacent to an activating group) is 1. The molecule has 0 saturated heterocycles. The molecule has 0 bridgehead atoms. The SMILES string of the molecule is C=C(/C(=C\C)N(C)c1ccc(C)cc1)c1ccc(C(=C)/C(C)=C(\C)c2ccc(N(c3ccc(C)cc3)c3ccc(C)cc3)cc2)cc1. The van der Waals surface area contributed by atoms with Crippen LogP contribution in [0.1, 0.15) is 54.2 Å². The summed E-state index contributed by atoms with van der Waals surface area (Å²) in [4.78, 5) is 4.50. The van der Waals surface area contributed by atoms with Gasteiger partial charge in [0.2, 0.25) is 0 Å². The van der Waals surface area contributed by atoms with E-state index in [1.807, 2.05) is 0 Å². The van der Waals surface area contributed by atoms with Crippen molar-refractivity contribution in [3.05, 3.63) is 185 Å². The largest absolute Gasteiger partial charge is 0.344 e. The molecule has 5 aromatic rings. The molecule has 5 aromatic carbocycles. The predicted molar refractivity (Wildman–Crippen MR) is 207 cm³/mol. The van der Waals surface area contributed by atoms with Crippen LogP contribution in [-0.4, -0.2) is 7.05 Å². The van der Waals surface area contributed by atoms with Crippen LogP contribution in [0.3, 0.4) is 0 Å². The van der Waals surface area contributed by atoms with Gasteiger partial charge in [-0.05, 0) is 129 Å². The maximum absolute atomic E-state index is 4.50. The van der Waals surface area contributed by atoms with E-state index in [0.717, 1.165) is 50.7 Å². The topological polar surface area (TPSA) is 6.48 Å². The van der Waals surface area contributed by atoms with Gasteiger partial charge in [0, 0.05) is 35.5 Å². The monoisotopic (exact) mass is 614 g/mol. The molecule has 0 saturated carbocycles. The van der Waals surface area contributed by atoms with Crippen LogP contribution in [0.25, 0.3) is 16.7 Å². The molecule has 236 valence electrons. The summed E-state index contributed by atoms with van der Waals surface area (Å²) in [5, 5.41) is 0. The fourth-order valence-corrected chi connectivity index (χ4v) is 5.85. The summed E-state index contributed by atoms with van der Waals surface area (Å²) in [6, 6.07) is 43.4. The number of nitrogens with zero attached hydrogens (tertiary/aromatic N) is 2. The molecule has 0 spiro atoms. The summed E-state index contributed by atoms with van der Waals surface area (Å²) >= 11 is 0. The molecule has 47 heavy (non-hydrogen) atoms. The Morgan fingerprint density at radius 3 is 1.23 bits per heavy atom. The number of hydrogen-bond acceptors (Lipinski definition) is 2. The standard InChI is InChI=1S/C45H46N2/c1-10-45(46(9)41-23-11-31(2)12-24-41)37(8)40-19-17-38(18-20-40)35(6)34(5)36(7)39-21-29-44(30-22-39)47(42-25-13-32(3)14-26-42)43-27-15-33(4)16-28-43/h10-30H,6,8H2,1-5,7,9H3/b36-34+,45-10+. The van der Waals surface area contributed by atoms with E-state index in [-0.39, 0.29) is 0 Å². The molecule has 0 atom stereocenters. The van der Waals surface area contributed by atoms with Crippen molar-refractivity contribution in [1.82, 2.24) is 0 Å². The number of anilines is 4. The number of aryl methyl sites for hydroxylation is 3. The minimum atomic E-state index is 0.988. The Hall–Kier alpha value is -5.34. The molecular formula is C45H46N2. The zero-order chi connectivity index (χ0) is 33.7. The minimum absolute atomic E-state index is 0.988. The Labute approximate surface area is 282 Å².